The number of amides is 1. The Balaban J connectivity index is 1.56. The molecule has 2 aromatic carbocycles. The van der Waals surface area contributed by atoms with Gasteiger partial charge in [0.05, 0.1) is 23.3 Å². The molecule has 9 heteroatoms. The van der Waals surface area contributed by atoms with Crippen LogP contribution in [0.3, 0.4) is 0 Å². The highest BCUT2D eigenvalue weighted by atomic mass is 32.2. The van der Waals surface area contributed by atoms with Gasteiger partial charge >= 0.3 is 0 Å². The molecule has 0 fully saturated rings. The van der Waals surface area contributed by atoms with Crippen molar-refractivity contribution in [2.24, 2.45) is 0 Å². The number of benzene rings is 2. The molecule has 0 unspecified atom stereocenters. The molecule has 4 aromatic rings. The van der Waals surface area contributed by atoms with E-state index in [1.165, 1.54) is 4.57 Å². The van der Waals surface area contributed by atoms with E-state index in [1.54, 1.807) is 35.0 Å². The minimum absolute atomic E-state index is 0.107. The predicted molar refractivity (Wildman–Crippen MR) is 113 cm³/mol. The van der Waals surface area contributed by atoms with Gasteiger partial charge in [0.15, 0.2) is 5.16 Å². The maximum absolute atomic E-state index is 13.0. The lowest BCUT2D eigenvalue weighted by atomic mass is 10.2. The number of para-hydroxylation sites is 2. The summed E-state index contributed by atoms with van der Waals surface area (Å²) >= 11 is 0.329. The number of aromatic nitrogens is 4. The summed E-state index contributed by atoms with van der Waals surface area (Å²) in [5, 5.41) is 7.40. The number of imidazole rings is 1. The van der Waals surface area contributed by atoms with Crippen LogP contribution in [0.1, 0.15) is 11.3 Å². The second-order valence-corrected chi connectivity index (χ2v) is 7.67. The van der Waals surface area contributed by atoms with E-state index < -0.39 is 5.76 Å². The number of fused-ring (bicyclic) bond motifs is 1. The zero-order valence-electron chi connectivity index (χ0n) is 16.1. The number of hydrogen-bond donors (Lipinski definition) is 1. The SMILES string of the molecule is Cc1cc(NC(=O)Cn2c(SC(F)F)nc3ccccc32)n(Cc2ccccc2)n1. The van der Waals surface area contributed by atoms with Gasteiger partial charge in [-0.05, 0) is 36.4 Å². The van der Waals surface area contributed by atoms with Crippen LogP contribution >= 0.6 is 11.8 Å². The van der Waals surface area contributed by atoms with Gasteiger partial charge in [0, 0.05) is 6.07 Å². The van der Waals surface area contributed by atoms with Crippen LogP contribution in [-0.4, -0.2) is 31.0 Å². The first kappa shape index (κ1) is 20.1. The van der Waals surface area contributed by atoms with Crippen LogP contribution in [0.2, 0.25) is 0 Å². The fourth-order valence-electron chi connectivity index (χ4n) is 3.22. The van der Waals surface area contributed by atoms with E-state index in [0.717, 1.165) is 11.3 Å². The Bertz CT molecular complexity index is 1170. The van der Waals surface area contributed by atoms with Gasteiger partial charge in [-0.25, -0.2) is 9.67 Å². The van der Waals surface area contributed by atoms with Crippen molar-refractivity contribution in [2.75, 3.05) is 5.32 Å². The van der Waals surface area contributed by atoms with E-state index in [9.17, 15) is 13.6 Å². The van der Waals surface area contributed by atoms with Crippen LogP contribution in [0.5, 0.6) is 0 Å². The first-order chi connectivity index (χ1) is 14.5. The Morgan fingerprint density at radius 2 is 1.87 bits per heavy atom. The number of rotatable bonds is 7. The van der Waals surface area contributed by atoms with E-state index in [4.69, 9.17) is 0 Å². The molecule has 4 rings (SSSR count). The Labute approximate surface area is 175 Å². The smallest absolute Gasteiger partial charge is 0.291 e. The van der Waals surface area contributed by atoms with Gasteiger partial charge in [-0.1, -0.05) is 42.5 Å². The van der Waals surface area contributed by atoms with Crippen molar-refractivity contribution in [3.8, 4) is 0 Å². The zero-order valence-corrected chi connectivity index (χ0v) is 16.9. The summed E-state index contributed by atoms with van der Waals surface area (Å²) in [6, 6.07) is 18.6. The molecule has 0 saturated heterocycles. The largest absolute Gasteiger partial charge is 0.309 e. The number of hydrogen-bond acceptors (Lipinski definition) is 4. The van der Waals surface area contributed by atoms with E-state index >= 15 is 0 Å². The highest BCUT2D eigenvalue weighted by Crippen LogP contribution is 2.28. The topological polar surface area (TPSA) is 64.7 Å². The van der Waals surface area contributed by atoms with Gasteiger partial charge in [0.25, 0.3) is 5.76 Å². The maximum atomic E-state index is 13.0. The molecular formula is C21H19F2N5OS. The molecule has 0 saturated carbocycles. The molecule has 154 valence electrons. The van der Waals surface area contributed by atoms with Crippen molar-refractivity contribution in [1.82, 2.24) is 19.3 Å². The van der Waals surface area contributed by atoms with Gasteiger partial charge in [-0.15, -0.1) is 0 Å². The van der Waals surface area contributed by atoms with Gasteiger partial charge in [-0.2, -0.15) is 13.9 Å². The normalized spacial score (nSPS) is 11.3. The molecular weight excluding hydrogens is 408 g/mol. The standard InChI is InChI=1S/C21H19F2N5OS/c1-14-11-18(28(26-14)12-15-7-3-2-4-8-15)25-19(29)13-27-17-10-6-5-9-16(17)24-21(27)30-20(22)23/h2-11,20H,12-13H2,1H3,(H,25,29). The number of thioether (sulfide) groups is 1. The summed E-state index contributed by atoms with van der Waals surface area (Å²) in [6.45, 7) is 2.22. The highest BCUT2D eigenvalue weighted by molar-refractivity contribution is 7.99. The molecule has 0 bridgehead atoms. The third-order valence-corrected chi connectivity index (χ3v) is 5.16. The molecule has 1 N–H and O–H groups in total. The van der Waals surface area contributed by atoms with Crippen molar-refractivity contribution in [3.63, 3.8) is 0 Å². The zero-order chi connectivity index (χ0) is 21.1. The number of halogens is 2. The van der Waals surface area contributed by atoms with Crippen molar-refractivity contribution in [1.29, 1.82) is 0 Å². The molecule has 30 heavy (non-hydrogen) atoms. The summed E-state index contributed by atoms with van der Waals surface area (Å²) in [6.07, 6.45) is 0. The third kappa shape index (κ3) is 4.51. The van der Waals surface area contributed by atoms with Gasteiger partial charge in [0.1, 0.15) is 12.4 Å². The maximum Gasteiger partial charge on any atom is 0.291 e. The Kier molecular flexibility index (Phi) is 5.80. The Hall–Kier alpha value is -3.20. The van der Waals surface area contributed by atoms with Crippen molar-refractivity contribution in [3.05, 3.63) is 71.9 Å². The van der Waals surface area contributed by atoms with Crippen LogP contribution in [-0.2, 0) is 17.9 Å². The van der Waals surface area contributed by atoms with E-state index in [-0.39, 0.29) is 17.6 Å². The van der Waals surface area contributed by atoms with Crippen LogP contribution in [0.15, 0.2) is 65.8 Å². The van der Waals surface area contributed by atoms with Crippen LogP contribution in [0.4, 0.5) is 14.6 Å². The summed E-state index contributed by atoms with van der Waals surface area (Å²) in [4.78, 5) is 17.0. The molecule has 2 aromatic heterocycles. The van der Waals surface area contributed by atoms with E-state index in [1.807, 2.05) is 37.3 Å². The Morgan fingerprint density at radius 3 is 2.63 bits per heavy atom. The number of carbonyl (C=O) groups is 1. The summed E-state index contributed by atoms with van der Waals surface area (Å²) in [5.41, 5.74) is 3.01. The fourth-order valence-corrected chi connectivity index (χ4v) is 3.83. The molecule has 2 heterocycles. The predicted octanol–water partition coefficient (Wildman–Crippen LogP) is 4.54. The van der Waals surface area contributed by atoms with Gasteiger partial charge in [-0.3, -0.25) is 4.79 Å². The first-order valence-corrected chi connectivity index (χ1v) is 10.2. The minimum atomic E-state index is -2.63. The van der Waals surface area contributed by atoms with Crippen LogP contribution < -0.4 is 5.32 Å². The lowest BCUT2D eigenvalue weighted by molar-refractivity contribution is -0.116. The molecule has 1 amide bonds. The van der Waals surface area contributed by atoms with E-state index in [0.29, 0.717) is 35.2 Å². The number of anilines is 1. The number of carbonyl (C=O) groups excluding carboxylic acids is 1. The molecule has 0 radical (unpaired) electrons. The average Bonchev–Trinajstić information content (AvgIpc) is 3.22. The number of alkyl halides is 2. The first-order valence-electron chi connectivity index (χ1n) is 9.28. The number of aryl methyl sites for hydroxylation is 1. The minimum Gasteiger partial charge on any atom is -0.309 e. The molecule has 0 aliphatic heterocycles. The van der Waals surface area contributed by atoms with Crippen molar-refractivity contribution < 1.29 is 13.6 Å². The number of nitrogens with one attached hydrogen (secondary N) is 1. The molecule has 0 spiro atoms. The molecule has 0 aliphatic carbocycles. The third-order valence-electron chi connectivity index (χ3n) is 4.46. The molecule has 0 aliphatic rings. The van der Waals surface area contributed by atoms with Crippen LogP contribution in [0, 0.1) is 6.92 Å². The summed E-state index contributed by atoms with van der Waals surface area (Å²) in [5.74, 6) is -2.42. The van der Waals surface area contributed by atoms with Crippen LogP contribution in [0.25, 0.3) is 11.0 Å². The second-order valence-electron chi connectivity index (χ2n) is 6.71. The molecule has 0 atom stereocenters. The van der Waals surface area contributed by atoms with Crippen molar-refractivity contribution in [2.45, 2.75) is 30.9 Å². The van der Waals surface area contributed by atoms with Gasteiger partial charge in [0.2, 0.25) is 5.91 Å². The quantitative estimate of drug-likeness (QED) is 0.440. The Morgan fingerprint density at radius 1 is 1.13 bits per heavy atom. The second kappa shape index (κ2) is 8.66. The van der Waals surface area contributed by atoms with E-state index in [2.05, 4.69) is 15.4 Å². The lowest BCUT2D eigenvalue weighted by Crippen LogP contribution is -2.21. The van der Waals surface area contributed by atoms with Crippen molar-refractivity contribution >= 4 is 34.5 Å². The lowest BCUT2D eigenvalue weighted by Gasteiger charge is -2.11. The summed E-state index contributed by atoms with van der Waals surface area (Å²) in [7, 11) is 0. The highest BCUT2D eigenvalue weighted by Gasteiger charge is 2.18. The average molecular weight is 427 g/mol. The van der Waals surface area contributed by atoms with Gasteiger partial charge < -0.3 is 9.88 Å². The summed E-state index contributed by atoms with van der Waals surface area (Å²) < 4.78 is 29.2. The fraction of sp³-hybridized carbons (Fsp3) is 0.190. The monoisotopic (exact) mass is 427 g/mol. The number of nitrogens with zero attached hydrogens (tertiary/aromatic N) is 4. The molecule has 6 nitrogen and oxygen atoms in total.